The van der Waals surface area contributed by atoms with Gasteiger partial charge in [0.05, 0.1) is 9.79 Å². The standard InChI is InChI=1S/2C15H15NO3S/c2*1-11-7-9-13(10-8-11)15(17)16-20(18,19)14-6-4-3-5-12(14)2/h2*3-10H,1-2H3,(H,16,17). The second-order valence-corrected chi connectivity index (χ2v) is 12.4. The molecule has 0 aromatic heterocycles. The van der Waals surface area contributed by atoms with Gasteiger partial charge in [0.15, 0.2) is 0 Å². The number of benzene rings is 4. The number of amides is 2. The van der Waals surface area contributed by atoms with Crippen LogP contribution in [-0.4, -0.2) is 28.6 Å². The molecule has 0 radical (unpaired) electrons. The fraction of sp³-hybridized carbons (Fsp3) is 0.133. The molecular formula is C30H30N2O6S2. The molecule has 0 fully saturated rings. The van der Waals surface area contributed by atoms with E-state index in [4.69, 9.17) is 0 Å². The van der Waals surface area contributed by atoms with Gasteiger partial charge in [0.1, 0.15) is 0 Å². The molecule has 0 atom stereocenters. The molecule has 0 aliphatic carbocycles. The van der Waals surface area contributed by atoms with E-state index in [-0.39, 0.29) is 9.79 Å². The van der Waals surface area contributed by atoms with Crippen molar-refractivity contribution < 1.29 is 26.4 Å². The Labute approximate surface area is 235 Å². The van der Waals surface area contributed by atoms with Crippen molar-refractivity contribution in [3.63, 3.8) is 0 Å². The second-order valence-electron chi connectivity index (χ2n) is 9.13. The van der Waals surface area contributed by atoms with Crippen LogP contribution in [0.5, 0.6) is 0 Å². The first-order valence-electron chi connectivity index (χ1n) is 12.2. The molecule has 208 valence electrons. The number of hydrogen-bond donors (Lipinski definition) is 2. The maximum absolute atomic E-state index is 12.2. The number of carbonyl (C=O) groups is 2. The maximum Gasteiger partial charge on any atom is 0.264 e. The van der Waals surface area contributed by atoms with Crippen molar-refractivity contribution in [2.75, 3.05) is 0 Å². The number of aryl methyl sites for hydroxylation is 4. The van der Waals surface area contributed by atoms with E-state index in [9.17, 15) is 26.4 Å². The van der Waals surface area contributed by atoms with Crippen molar-refractivity contribution >= 4 is 31.9 Å². The Bertz CT molecular complexity index is 1600. The van der Waals surface area contributed by atoms with Crippen LogP contribution in [0.1, 0.15) is 43.0 Å². The number of nitrogens with one attached hydrogen (secondary N) is 2. The summed E-state index contributed by atoms with van der Waals surface area (Å²) in [6.45, 7) is 7.16. The Kier molecular flexibility index (Phi) is 9.62. The van der Waals surface area contributed by atoms with Gasteiger partial charge in [-0.15, -0.1) is 0 Å². The SMILES string of the molecule is Cc1ccc(C(=O)NS(=O)(=O)c2ccccc2C)cc1.Cc1ccc(C(=O)NS(=O)(=O)c2ccccc2C)cc1. The minimum absolute atomic E-state index is 0.112. The Morgan fingerprint density at radius 2 is 0.775 bits per heavy atom. The predicted octanol–water partition coefficient (Wildman–Crippen LogP) is 4.84. The van der Waals surface area contributed by atoms with Gasteiger partial charge in [-0.3, -0.25) is 9.59 Å². The summed E-state index contributed by atoms with van der Waals surface area (Å²) < 4.78 is 52.9. The van der Waals surface area contributed by atoms with Crippen LogP contribution < -0.4 is 9.44 Å². The lowest BCUT2D eigenvalue weighted by Crippen LogP contribution is -2.31. The predicted molar refractivity (Wildman–Crippen MR) is 154 cm³/mol. The third-order valence-corrected chi connectivity index (χ3v) is 8.83. The van der Waals surface area contributed by atoms with Gasteiger partial charge in [0.25, 0.3) is 31.9 Å². The molecule has 40 heavy (non-hydrogen) atoms. The normalized spacial score (nSPS) is 11.1. The average molecular weight is 579 g/mol. The van der Waals surface area contributed by atoms with Gasteiger partial charge in [-0.25, -0.2) is 26.3 Å². The molecule has 0 bridgehead atoms. The third-order valence-electron chi connectivity index (χ3n) is 5.85. The molecule has 2 N–H and O–H groups in total. The van der Waals surface area contributed by atoms with E-state index in [1.165, 1.54) is 12.1 Å². The van der Waals surface area contributed by atoms with E-state index in [0.29, 0.717) is 22.3 Å². The van der Waals surface area contributed by atoms with Crippen LogP contribution in [0, 0.1) is 27.7 Å². The topological polar surface area (TPSA) is 126 Å². The largest absolute Gasteiger partial charge is 0.268 e. The number of carbonyl (C=O) groups excluding carboxylic acids is 2. The highest BCUT2D eigenvalue weighted by Crippen LogP contribution is 2.16. The van der Waals surface area contributed by atoms with Crippen molar-refractivity contribution in [3.8, 4) is 0 Å². The fourth-order valence-corrected chi connectivity index (χ4v) is 6.04. The zero-order chi connectivity index (χ0) is 29.5. The highest BCUT2D eigenvalue weighted by molar-refractivity contribution is 7.90. The maximum atomic E-state index is 12.2. The number of hydrogen-bond acceptors (Lipinski definition) is 6. The van der Waals surface area contributed by atoms with E-state index in [2.05, 4.69) is 9.44 Å². The summed E-state index contributed by atoms with van der Waals surface area (Å²) in [4.78, 5) is 24.2. The first kappa shape index (κ1) is 30.3. The van der Waals surface area contributed by atoms with Gasteiger partial charge in [0.2, 0.25) is 0 Å². The quantitative estimate of drug-likeness (QED) is 0.337. The molecular weight excluding hydrogens is 548 g/mol. The van der Waals surface area contributed by atoms with Crippen LogP contribution in [0.2, 0.25) is 0 Å². The van der Waals surface area contributed by atoms with Gasteiger partial charge < -0.3 is 0 Å². The van der Waals surface area contributed by atoms with E-state index in [1.807, 2.05) is 13.8 Å². The zero-order valence-corrected chi connectivity index (χ0v) is 24.1. The average Bonchev–Trinajstić information content (AvgIpc) is 2.89. The molecule has 8 nitrogen and oxygen atoms in total. The summed E-state index contributed by atoms with van der Waals surface area (Å²) in [5, 5.41) is 0. The van der Waals surface area contributed by atoms with Gasteiger partial charge in [0, 0.05) is 11.1 Å². The number of rotatable bonds is 6. The first-order valence-corrected chi connectivity index (χ1v) is 15.2. The molecule has 10 heteroatoms. The Balaban J connectivity index is 0.000000220. The summed E-state index contributed by atoms with van der Waals surface area (Å²) >= 11 is 0. The smallest absolute Gasteiger partial charge is 0.264 e. The van der Waals surface area contributed by atoms with Gasteiger partial charge in [-0.2, -0.15) is 0 Å². The van der Waals surface area contributed by atoms with Crippen LogP contribution in [0.15, 0.2) is 107 Å². The molecule has 4 aromatic rings. The van der Waals surface area contributed by atoms with Crippen molar-refractivity contribution in [1.29, 1.82) is 0 Å². The number of sulfonamides is 2. The van der Waals surface area contributed by atoms with Crippen molar-refractivity contribution in [2.24, 2.45) is 0 Å². The lowest BCUT2D eigenvalue weighted by molar-refractivity contribution is 0.0972. The Morgan fingerprint density at radius 3 is 1.07 bits per heavy atom. The van der Waals surface area contributed by atoms with Gasteiger partial charge in [-0.1, -0.05) is 71.8 Å². The molecule has 0 saturated carbocycles. The minimum atomic E-state index is -3.85. The summed E-state index contributed by atoms with van der Waals surface area (Å²) in [6.07, 6.45) is 0. The van der Waals surface area contributed by atoms with Crippen molar-refractivity contribution in [3.05, 3.63) is 130 Å². The Morgan fingerprint density at radius 1 is 0.475 bits per heavy atom. The zero-order valence-electron chi connectivity index (χ0n) is 22.5. The van der Waals surface area contributed by atoms with Crippen molar-refractivity contribution in [1.82, 2.24) is 9.44 Å². The van der Waals surface area contributed by atoms with E-state index < -0.39 is 31.9 Å². The molecule has 2 amide bonds. The van der Waals surface area contributed by atoms with E-state index in [0.717, 1.165) is 11.1 Å². The van der Waals surface area contributed by atoms with Crippen molar-refractivity contribution in [2.45, 2.75) is 37.5 Å². The van der Waals surface area contributed by atoms with Crippen LogP contribution in [-0.2, 0) is 20.0 Å². The second kappa shape index (κ2) is 12.7. The molecule has 0 saturated heterocycles. The summed E-state index contributed by atoms with van der Waals surface area (Å²) in [5.41, 5.74) is 3.82. The van der Waals surface area contributed by atoms with Crippen LogP contribution in [0.25, 0.3) is 0 Å². The van der Waals surface area contributed by atoms with Crippen LogP contribution >= 0.6 is 0 Å². The molecule has 0 aliphatic heterocycles. The van der Waals surface area contributed by atoms with Crippen LogP contribution in [0.3, 0.4) is 0 Å². The highest BCUT2D eigenvalue weighted by atomic mass is 32.2. The molecule has 0 heterocycles. The van der Waals surface area contributed by atoms with Gasteiger partial charge in [-0.05, 0) is 75.2 Å². The third kappa shape index (κ3) is 7.87. The molecule has 0 aliphatic rings. The summed E-state index contributed by atoms with van der Waals surface area (Å²) in [6, 6.07) is 26.5. The summed E-state index contributed by atoms with van der Waals surface area (Å²) in [7, 11) is -7.70. The summed E-state index contributed by atoms with van der Waals surface area (Å²) in [5.74, 6) is -1.26. The minimum Gasteiger partial charge on any atom is -0.268 e. The molecule has 0 unspecified atom stereocenters. The highest BCUT2D eigenvalue weighted by Gasteiger charge is 2.21. The fourth-order valence-electron chi connectivity index (χ4n) is 3.60. The van der Waals surface area contributed by atoms with Crippen LogP contribution in [0.4, 0.5) is 0 Å². The lowest BCUT2D eigenvalue weighted by atomic mass is 10.1. The first-order chi connectivity index (χ1) is 18.8. The lowest BCUT2D eigenvalue weighted by Gasteiger charge is -2.09. The Hall–Kier alpha value is -4.28. The molecule has 0 spiro atoms. The van der Waals surface area contributed by atoms with E-state index in [1.54, 1.807) is 98.8 Å². The van der Waals surface area contributed by atoms with Gasteiger partial charge >= 0.3 is 0 Å². The van der Waals surface area contributed by atoms with E-state index >= 15 is 0 Å². The molecule has 4 rings (SSSR count). The molecule has 4 aromatic carbocycles. The monoisotopic (exact) mass is 578 g/mol.